The molecule has 9 heteroatoms. The van der Waals surface area contributed by atoms with E-state index in [-0.39, 0.29) is 19.6 Å². The average Bonchev–Trinajstić information content (AvgIpc) is 3.33. The van der Waals surface area contributed by atoms with E-state index in [1.807, 2.05) is 60.7 Å². The highest BCUT2D eigenvalue weighted by molar-refractivity contribution is 5.19. The van der Waals surface area contributed by atoms with Crippen LogP contribution in [0.1, 0.15) is 29.3 Å². The Hall–Kier alpha value is -3.08. The molecule has 2 aromatic carbocycles. The molecule has 0 bridgehead atoms. The number of ether oxygens (including phenoxy) is 3. The third-order valence-corrected chi connectivity index (χ3v) is 6.83. The fourth-order valence-electron chi connectivity index (χ4n) is 4.95. The molecule has 3 aromatic rings. The molecule has 1 aliphatic carbocycles. The summed E-state index contributed by atoms with van der Waals surface area (Å²) in [5.74, 6) is 0. The molecule has 35 heavy (non-hydrogen) atoms. The Morgan fingerprint density at radius 1 is 1.03 bits per heavy atom. The molecule has 6 atom stereocenters. The highest BCUT2D eigenvalue weighted by Gasteiger charge is 2.67. The predicted molar refractivity (Wildman–Crippen MR) is 126 cm³/mol. The van der Waals surface area contributed by atoms with Crippen molar-refractivity contribution in [2.24, 2.45) is 0 Å². The fraction of sp³-hybridized carbons (Fsp3) is 0.385. The number of hydrogen-bond acceptors (Lipinski definition) is 7. The SMILES string of the molecule is Cc1cn([C@H]2C[C@@]3(OCc4ccccc4)[C@H](O)[C@H](O)[C@@H](OCc4ccccc4)[C@H]3O2)c(=O)[nH]c1=O. The Kier molecular flexibility index (Phi) is 6.43. The third-order valence-electron chi connectivity index (χ3n) is 6.83. The van der Waals surface area contributed by atoms with Gasteiger partial charge in [-0.3, -0.25) is 14.3 Å². The van der Waals surface area contributed by atoms with Crippen molar-refractivity contribution in [3.05, 3.63) is 104 Å². The van der Waals surface area contributed by atoms with Gasteiger partial charge in [-0.1, -0.05) is 60.7 Å². The zero-order valence-corrected chi connectivity index (χ0v) is 19.2. The van der Waals surface area contributed by atoms with Crippen LogP contribution in [-0.2, 0) is 27.4 Å². The Bertz CT molecular complexity index is 1280. The van der Waals surface area contributed by atoms with Crippen molar-refractivity contribution in [2.75, 3.05) is 0 Å². The van der Waals surface area contributed by atoms with E-state index in [0.29, 0.717) is 5.56 Å². The van der Waals surface area contributed by atoms with Crippen molar-refractivity contribution in [1.82, 2.24) is 9.55 Å². The van der Waals surface area contributed by atoms with Gasteiger partial charge in [0.15, 0.2) is 0 Å². The van der Waals surface area contributed by atoms with Crippen molar-refractivity contribution in [3.63, 3.8) is 0 Å². The van der Waals surface area contributed by atoms with Crippen molar-refractivity contribution in [1.29, 1.82) is 0 Å². The van der Waals surface area contributed by atoms with Crippen molar-refractivity contribution >= 4 is 0 Å². The van der Waals surface area contributed by atoms with E-state index in [4.69, 9.17) is 14.2 Å². The van der Waals surface area contributed by atoms with Crippen LogP contribution in [0.25, 0.3) is 0 Å². The summed E-state index contributed by atoms with van der Waals surface area (Å²) in [4.78, 5) is 26.7. The Morgan fingerprint density at radius 2 is 1.66 bits per heavy atom. The number of nitrogens with one attached hydrogen (secondary N) is 1. The van der Waals surface area contributed by atoms with Gasteiger partial charge < -0.3 is 24.4 Å². The maximum atomic E-state index is 12.6. The standard InChI is InChI=1S/C26H28N2O7/c1-16-13-28(25(32)27-24(16)31)19-12-26(34-15-18-10-6-3-7-11-18)22(30)20(29)21(23(26)35-19)33-14-17-8-4-2-5-9-17/h2-11,13,19-23,29-30H,12,14-15H2,1H3,(H,27,31,32)/t19-,20-,21-,22-,23-,26-/m1/s1. The fourth-order valence-corrected chi connectivity index (χ4v) is 4.95. The van der Waals surface area contributed by atoms with Crippen LogP contribution in [0.2, 0.25) is 0 Å². The third kappa shape index (κ3) is 4.37. The number of hydrogen-bond donors (Lipinski definition) is 3. The van der Waals surface area contributed by atoms with Gasteiger partial charge in [-0.15, -0.1) is 0 Å². The maximum absolute atomic E-state index is 12.6. The summed E-state index contributed by atoms with van der Waals surface area (Å²) in [6, 6.07) is 18.9. The Morgan fingerprint density at radius 3 is 2.31 bits per heavy atom. The molecule has 0 amide bonds. The van der Waals surface area contributed by atoms with Crippen LogP contribution in [0.15, 0.2) is 76.4 Å². The van der Waals surface area contributed by atoms with E-state index >= 15 is 0 Å². The summed E-state index contributed by atoms with van der Waals surface area (Å²) >= 11 is 0. The summed E-state index contributed by atoms with van der Waals surface area (Å²) in [6.07, 6.45) is -3.64. The second-order valence-corrected chi connectivity index (χ2v) is 9.12. The number of nitrogens with zero attached hydrogens (tertiary/aromatic N) is 1. The van der Waals surface area contributed by atoms with Crippen LogP contribution in [0.3, 0.4) is 0 Å². The monoisotopic (exact) mass is 480 g/mol. The number of benzene rings is 2. The van der Waals surface area contributed by atoms with Crippen molar-refractivity contribution < 1.29 is 24.4 Å². The second kappa shape index (κ2) is 9.52. The zero-order chi connectivity index (χ0) is 24.6. The first-order valence-electron chi connectivity index (χ1n) is 11.6. The molecular formula is C26H28N2O7. The van der Waals surface area contributed by atoms with Crippen LogP contribution >= 0.6 is 0 Å². The van der Waals surface area contributed by atoms with Gasteiger partial charge in [0.05, 0.1) is 13.2 Å². The highest BCUT2D eigenvalue weighted by Crippen LogP contribution is 2.50. The Labute approximate surface area is 201 Å². The Balaban J connectivity index is 1.47. The molecule has 5 rings (SSSR count). The molecule has 3 N–H and O–H groups in total. The predicted octanol–water partition coefficient (Wildman–Crippen LogP) is 1.41. The molecule has 2 aliphatic rings. The minimum Gasteiger partial charge on any atom is -0.387 e. The summed E-state index contributed by atoms with van der Waals surface area (Å²) in [5, 5.41) is 22.2. The molecule has 0 unspecified atom stereocenters. The van der Waals surface area contributed by atoms with E-state index in [2.05, 4.69) is 4.98 Å². The first kappa shape index (κ1) is 23.7. The van der Waals surface area contributed by atoms with Gasteiger partial charge in [-0.25, -0.2) is 4.79 Å². The minimum atomic E-state index is -1.33. The van der Waals surface area contributed by atoms with E-state index in [1.54, 1.807) is 6.92 Å². The van der Waals surface area contributed by atoms with E-state index in [0.717, 1.165) is 11.1 Å². The van der Waals surface area contributed by atoms with Gasteiger partial charge in [0.2, 0.25) is 0 Å². The van der Waals surface area contributed by atoms with Crippen LogP contribution in [0.4, 0.5) is 0 Å². The molecule has 9 nitrogen and oxygen atoms in total. The van der Waals surface area contributed by atoms with Crippen LogP contribution in [0.5, 0.6) is 0 Å². The van der Waals surface area contributed by atoms with Crippen LogP contribution in [-0.4, -0.2) is 49.8 Å². The zero-order valence-electron chi connectivity index (χ0n) is 19.2. The second-order valence-electron chi connectivity index (χ2n) is 9.12. The number of aromatic amines is 1. The summed E-state index contributed by atoms with van der Waals surface area (Å²) in [7, 11) is 0. The van der Waals surface area contributed by atoms with Crippen LogP contribution in [0, 0.1) is 6.92 Å². The lowest BCUT2D eigenvalue weighted by Gasteiger charge is -2.31. The number of H-pyrrole nitrogens is 1. The smallest absolute Gasteiger partial charge is 0.330 e. The molecule has 1 aromatic heterocycles. The number of aliphatic hydroxyl groups excluding tert-OH is 2. The van der Waals surface area contributed by atoms with Gasteiger partial charge in [0.25, 0.3) is 5.56 Å². The normalized spacial score (nSPS) is 29.9. The summed E-state index contributed by atoms with van der Waals surface area (Å²) < 4.78 is 19.9. The molecule has 2 fully saturated rings. The molecule has 1 saturated carbocycles. The number of aryl methyl sites for hydroxylation is 1. The van der Waals surface area contributed by atoms with E-state index in [9.17, 15) is 19.8 Å². The quantitative estimate of drug-likeness (QED) is 0.467. The lowest BCUT2D eigenvalue weighted by molar-refractivity contribution is -0.152. The van der Waals surface area contributed by atoms with Gasteiger partial charge >= 0.3 is 5.69 Å². The van der Waals surface area contributed by atoms with E-state index < -0.39 is 47.5 Å². The molecule has 0 radical (unpaired) electrons. The van der Waals surface area contributed by atoms with Gasteiger partial charge in [-0.05, 0) is 18.1 Å². The average molecular weight is 481 g/mol. The van der Waals surface area contributed by atoms with Gasteiger partial charge in [0, 0.05) is 18.2 Å². The number of fused-ring (bicyclic) bond motifs is 1. The minimum absolute atomic E-state index is 0.0827. The number of aliphatic hydroxyl groups is 2. The van der Waals surface area contributed by atoms with Crippen molar-refractivity contribution in [2.45, 2.75) is 62.8 Å². The van der Waals surface area contributed by atoms with Gasteiger partial charge in [0.1, 0.15) is 36.2 Å². The lowest BCUT2D eigenvalue weighted by Crippen LogP contribution is -2.48. The highest BCUT2D eigenvalue weighted by atomic mass is 16.6. The molecule has 184 valence electrons. The van der Waals surface area contributed by atoms with Crippen molar-refractivity contribution in [3.8, 4) is 0 Å². The molecule has 2 heterocycles. The van der Waals surface area contributed by atoms with E-state index in [1.165, 1.54) is 10.8 Å². The largest absolute Gasteiger partial charge is 0.387 e. The molecule has 0 spiro atoms. The lowest BCUT2D eigenvalue weighted by atomic mass is 9.94. The topological polar surface area (TPSA) is 123 Å². The number of rotatable bonds is 7. The van der Waals surface area contributed by atoms with Crippen LogP contribution < -0.4 is 11.2 Å². The molecule has 1 aliphatic heterocycles. The first-order chi connectivity index (χ1) is 16.9. The molecular weight excluding hydrogens is 452 g/mol. The summed E-state index contributed by atoms with van der Waals surface area (Å²) in [6.45, 7) is 1.96. The number of aromatic nitrogens is 2. The molecule has 1 saturated heterocycles. The maximum Gasteiger partial charge on any atom is 0.330 e. The van der Waals surface area contributed by atoms with Gasteiger partial charge in [-0.2, -0.15) is 0 Å². The summed E-state index contributed by atoms with van der Waals surface area (Å²) in [5.41, 5.74) is -0.290. The first-order valence-corrected chi connectivity index (χ1v) is 11.6.